The number of hydrogen-bond donors (Lipinski definition) is 1. The minimum absolute atomic E-state index is 0.178. The monoisotopic (exact) mass is 418 g/mol. The second-order valence-electron chi connectivity index (χ2n) is 7.84. The molecule has 0 aliphatic heterocycles. The molecule has 0 saturated heterocycles. The first-order chi connectivity index (χ1) is 15.0. The van der Waals surface area contributed by atoms with Crippen molar-refractivity contribution >= 4 is 22.8 Å². The number of carbonyl (C=O) groups is 2. The first kappa shape index (κ1) is 20.8. The Hall–Kier alpha value is -3.41. The van der Waals surface area contributed by atoms with Crippen molar-refractivity contribution < 1.29 is 19.1 Å². The van der Waals surface area contributed by atoms with Crippen molar-refractivity contribution in [3.63, 3.8) is 0 Å². The Bertz CT molecular complexity index is 1090. The first-order valence-corrected chi connectivity index (χ1v) is 10.6. The number of aromatic nitrogens is 1. The van der Waals surface area contributed by atoms with Gasteiger partial charge < -0.3 is 14.8 Å². The molecular weight excluding hydrogens is 392 g/mol. The van der Waals surface area contributed by atoms with Gasteiger partial charge in [-0.1, -0.05) is 31.0 Å². The molecule has 0 unspecified atom stereocenters. The number of rotatable bonds is 6. The molecule has 1 N–H and O–H groups in total. The number of esters is 1. The topological polar surface area (TPSA) is 77.5 Å². The highest BCUT2D eigenvalue weighted by molar-refractivity contribution is 6.05. The quantitative estimate of drug-likeness (QED) is 0.596. The zero-order valence-electron chi connectivity index (χ0n) is 17.8. The van der Waals surface area contributed by atoms with Gasteiger partial charge in [0.15, 0.2) is 6.10 Å². The van der Waals surface area contributed by atoms with Crippen LogP contribution in [0.3, 0.4) is 0 Å². The fourth-order valence-corrected chi connectivity index (χ4v) is 3.92. The third-order valence-corrected chi connectivity index (χ3v) is 5.68. The number of ether oxygens (including phenoxy) is 2. The molecule has 1 aliphatic rings. The molecule has 1 atom stereocenters. The van der Waals surface area contributed by atoms with E-state index in [1.165, 1.54) is 0 Å². The van der Waals surface area contributed by atoms with Crippen LogP contribution in [0.15, 0.2) is 54.6 Å². The fourth-order valence-electron chi connectivity index (χ4n) is 3.92. The fraction of sp³-hybridized carbons (Fsp3) is 0.320. The Labute approximate surface area is 181 Å². The maximum Gasteiger partial charge on any atom is 0.339 e. The summed E-state index contributed by atoms with van der Waals surface area (Å²) in [6.07, 6.45) is 3.33. The summed E-state index contributed by atoms with van der Waals surface area (Å²) in [4.78, 5) is 30.2. The van der Waals surface area contributed by atoms with Crippen LogP contribution in [-0.2, 0) is 9.53 Å². The number of para-hydroxylation sites is 1. The molecule has 4 rings (SSSR count). The average molecular weight is 418 g/mol. The zero-order valence-corrected chi connectivity index (χ0v) is 17.8. The van der Waals surface area contributed by atoms with E-state index in [1.807, 2.05) is 48.5 Å². The molecule has 0 bridgehead atoms. The Morgan fingerprint density at radius 3 is 2.48 bits per heavy atom. The van der Waals surface area contributed by atoms with E-state index >= 15 is 0 Å². The molecule has 1 heterocycles. The number of fused-ring (bicyclic) bond motifs is 1. The van der Waals surface area contributed by atoms with E-state index in [9.17, 15) is 9.59 Å². The van der Waals surface area contributed by atoms with Gasteiger partial charge in [0.05, 0.1) is 23.9 Å². The van der Waals surface area contributed by atoms with E-state index in [4.69, 9.17) is 14.5 Å². The summed E-state index contributed by atoms with van der Waals surface area (Å²) in [5.74, 6) is -0.0531. The number of nitrogens with zero attached hydrogens (tertiary/aromatic N) is 1. The summed E-state index contributed by atoms with van der Waals surface area (Å²) in [6.45, 7) is 1.61. The summed E-state index contributed by atoms with van der Waals surface area (Å²) in [6, 6.07) is 16.8. The Morgan fingerprint density at radius 2 is 1.77 bits per heavy atom. The van der Waals surface area contributed by atoms with Crippen LogP contribution in [0.2, 0.25) is 0 Å². The molecule has 1 aliphatic carbocycles. The van der Waals surface area contributed by atoms with Gasteiger partial charge in [-0.05, 0) is 56.2 Å². The molecule has 6 nitrogen and oxygen atoms in total. The Balaban J connectivity index is 1.60. The largest absolute Gasteiger partial charge is 0.497 e. The van der Waals surface area contributed by atoms with E-state index < -0.39 is 12.1 Å². The van der Waals surface area contributed by atoms with Gasteiger partial charge in [-0.25, -0.2) is 9.78 Å². The third-order valence-electron chi connectivity index (χ3n) is 5.68. The Kier molecular flexibility index (Phi) is 6.16. The van der Waals surface area contributed by atoms with E-state index in [1.54, 1.807) is 20.1 Å². The van der Waals surface area contributed by atoms with Gasteiger partial charge in [0.2, 0.25) is 0 Å². The van der Waals surface area contributed by atoms with Gasteiger partial charge >= 0.3 is 5.97 Å². The number of amides is 1. The van der Waals surface area contributed by atoms with E-state index in [0.717, 1.165) is 37.0 Å². The van der Waals surface area contributed by atoms with Crippen LogP contribution < -0.4 is 10.1 Å². The second kappa shape index (κ2) is 9.16. The van der Waals surface area contributed by atoms with Crippen molar-refractivity contribution in [1.82, 2.24) is 10.3 Å². The van der Waals surface area contributed by atoms with E-state index in [0.29, 0.717) is 22.2 Å². The predicted octanol–water partition coefficient (Wildman–Crippen LogP) is 4.51. The molecule has 1 aromatic heterocycles. The van der Waals surface area contributed by atoms with Crippen LogP contribution >= 0.6 is 0 Å². The Morgan fingerprint density at radius 1 is 1.06 bits per heavy atom. The molecule has 31 heavy (non-hydrogen) atoms. The summed E-state index contributed by atoms with van der Waals surface area (Å²) in [5.41, 5.74) is 2.58. The first-order valence-electron chi connectivity index (χ1n) is 10.6. The van der Waals surface area contributed by atoms with Crippen LogP contribution in [-0.4, -0.2) is 36.1 Å². The predicted molar refractivity (Wildman–Crippen MR) is 119 cm³/mol. The van der Waals surface area contributed by atoms with E-state index in [2.05, 4.69) is 5.32 Å². The van der Waals surface area contributed by atoms with Gasteiger partial charge in [-0.2, -0.15) is 0 Å². The highest BCUT2D eigenvalue weighted by Gasteiger charge is 2.24. The normalized spacial score (nSPS) is 14.9. The molecule has 0 spiro atoms. The lowest BCUT2D eigenvalue weighted by atomic mass is 10.0. The molecular formula is C25H26N2O4. The van der Waals surface area contributed by atoms with Gasteiger partial charge in [0, 0.05) is 17.0 Å². The number of pyridine rings is 1. The third kappa shape index (κ3) is 4.68. The average Bonchev–Trinajstić information content (AvgIpc) is 3.31. The number of methoxy groups -OCH3 is 1. The maximum absolute atomic E-state index is 13.0. The van der Waals surface area contributed by atoms with Crippen LogP contribution in [0.1, 0.15) is 43.0 Å². The number of carbonyl (C=O) groups excluding carboxylic acids is 2. The summed E-state index contributed by atoms with van der Waals surface area (Å²) >= 11 is 0. The smallest absolute Gasteiger partial charge is 0.339 e. The lowest BCUT2D eigenvalue weighted by molar-refractivity contribution is -0.129. The van der Waals surface area contributed by atoms with Crippen molar-refractivity contribution in [2.45, 2.75) is 44.8 Å². The molecule has 3 aromatic rings. The van der Waals surface area contributed by atoms with Gasteiger partial charge in [-0.15, -0.1) is 0 Å². The summed E-state index contributed by atoms with van der Waals surface area (Å²) in [7, 11) is 1.61. The van der Waals surface area contributed by atoms with Crippen molar-refractivity contribution in [3.05, 3.63) is 60.2 Å². The number of benzene rings is 2. The van der Waals surface area contributed by atoms with Crippen molar-refractivity contribution in [2.75, 3.05) is 7.11 Å². The van der Waals surface area contributed by atoms with Crippen molar-refractivity contribution in [1.29, 1.82) is 0 Å². The van der Waals surface area contributed by atoms with Crippen LogP contribution in [0, 0.1) is 0 Å². The van der Waals surface area contributed by atoms with Gasteiger partial charge in [0.1, 0.15) is 5.75 Å². The molecule has 2 aromatic carbocycles. The molecule has 160 valence electrons. The number of nitrogens with one attached hydrogen (secondary N) is 1. The highest BCUT2D eigenvalue weighted by atomic mass is 16.5. The maximum atomic E-state index is 13.0. The van der Waals surface area contributed by atoms with Crippen molar-refractivity contribution in [3.8, 4) is 17.0 Å². The SMILES string of the molecule is COc1ccc(-c2cc(C(=O)O[C@@H](C)C(=O)NC3CCCC3)c3ccccc3n2)cc1. The summed E-state index contributed by atoms with van der Waals surface area (Å²) < 4.78 is 10.8. The van der Waals surface area contributed by atoms with Crippen molar-refractivity contribution in [2.24, 2.45) is 0 Å². The molecule has 1 fully saturated rings. The van der Waals surface area contributed by atoms with Gasteiger partial charge in [0.25, 0.3) is 5.91 Å². The standard InChI is InChI=1S/C25H26N2O4/c1-16(24(28)26-18-7-3-4-8-18)31-25(29)21-15-23(17-11-13-19(30-2)14-12-17)27-22-10-6-5-9-20(21)22/h5-6,9-16,18H,3-4,7-8H2,1-2H3,(H,26,28)/t16-/m0/s1. The molecule has 1 amide bonds. The van der Waals surface area contributed by atoms with Crippen LogP contribution in [0.5, 0.6) is 5.75 Å². The van der Waals surface area contributed by atoms with Gasteiger partial charge in [-0.3, -0.25) is 4.79 Å². The zero-order chi connectivity index (χ0) is 21.8. The summed E-state index contributed by atoms with van der Waals surface area (Å²) in [5, 5.41) is 3.67. The van der Waals surface area contributed by atoms with Crippen LogP contribution in [0.25, 0.3) is 22.2 Å². The molecule has 0 radical (unpaired) electrons. The molecule has 6 heteroatoms. The van der Waals surface area contributed by atoms with E-state index in [-0.39, 0.29) is 11.9 Å². The minimum Gasteiger partial charge on any atom is -0.497 e. The van der Waals surface area contributed by atoms with Crippen LogP contribution in [0.4, 0.5) is 0 Å². The highest BCUT2D eigenvalue weighted by Crippen LogP contribution is 2.27. The molecule has 1 saturated carbocycles. The minimum atomic E-state index is -0.871. The lowest BCUT2D eigenvalue weighted by Crippen LogP contribution is -2.40. The lowest BCUT2D eigenvalue weighted by Gasteiger charge is -2.18. The number of hydrogen-bond acceptors (Lipinski definition) is 5. The second-order valence-corrected chi connectivity index (χ2v) is 7.84.